The number of aromatic nitrogens is 3. The maximum Gasteiger partial charge on any atom is 0.158 e. The zero-order valence-corrected chi connectivity index (χ0v) is 14.0. The third-order valence-corrected chi connectivity index (χ3v) is 5.71. The number of rotatable bonds is 6. The van der Waals surface area contributed by atoms with Gasteiger partial charge in [-0.15, -0.1) is 0 Å². The predicted octanol–water partition coefficient (Wildman–Crippen LogP) is 2.60. The van der Waals surface area contributed by atoms with Crippen LogP contribution in [0.15, 0.2) is 6.20 Å². The van der Waals surface area contributed by atoms with Gasteiger partial charge in [0.2, 0.25) is 0 Å². The van der Waals surface area contributed by atoms with Gasteiger partial charge in [-0.2, -0.15) is 15.0 Å². The Balaban J connectivity index is 1.88. The number of ketones is 1. The van der Waals surface area contributed by atoms with E-state index in [1.54, 1.807) is 11.0 Å². The molecule has 1 aromatic rings. The molecule has 1 unspecified atom stereocenters. The third kappa shape index (κ3) is 3.55. The van der Waals surface area contributed by atoms with Crippen molar-refractivity contribution < 1.29 is 9.53 Å². The second-order valence-corrected chi connectivity index (χ2v) is 12.7. The molecule has 1 aliphatic carbocycles. The Hall–Kier alpha value is -1.01. The van der Waals surface area contributed by atoms with Gasteiger partial charge in [0.15, 0.2) is 6.73 Å². The topological polar surface area (TPSA) is 57.0 Å². The Morgan fingerprint density at radius 2 is 2.20 bits per heavy atom. The maximum absolute atomic E-state index is 12.0. The minimum atomic E-state index is -1.05. The fraction of sp³-hybridized carbons (Fsp3) is 0.786. The van der Waals surface area contributed by atoms with Gasteiger partial charge in [-0.25, -0.2) is 0 Å². The molecule has 112 valence electrons. The summed E-state index contributed by atoms with van der Waals surface area (Å²) >= 11 is 0. The highest BCUT2D eigenvalue weighted by Gasteiger charge is 2.41. The van der Waals surface area contributed by atoms with Gasteiger partial charge in [-0.05, 0) is 25.8 Å². The maximum atomic E-state index is 12.0. The second-order valence-electron chi connectivity index (χ2n) is 7.06. The fourth-order valence-corrected chi connectivity index (χ4v) is 3.18. The molecule has 0 saturated heterocycles. The lowest BCUT2D eigenvalue weighted by atomic mass is 9.85. The van der Waals surface area contributed by atoms with Crippen LogP contribution in [0.2, 0.25) is 25.7 Å². The van der Waals surface area contributed by atoms with Crippen molar-refractivity contribution in [3.8, 4) is 0 Å². The molecule has 0 aromatic carbocycles. The molecule has 6 heteroatoms. The first-order valence-electron chi connectivity index (χ1n) is 7.33. The van der Waals surface area contributed by atoms with Crippen molar-refractivity contribution in [2.45, 2.75) is 64.0 Å². The van der Waals surface area contributed by atoms with Gasteiger partial charge in [0.25, 0.3) is 0 Å². The summed E-state index contributed by atoms with van der Waals surface area (Å²) in [5, 5.41) is 8.63. The molecule has 1 atom stereocenters. The zero-order valence-electron chi connectivity index (χ0n) is 13.0. The molecular weight excluding hydrogens is 270 g/mol. The molecule has 2 rings (SSSR count). The smallest absolute Gasteiger partial charge is 0.158 e. The van der Waals surface area contributed by atoms with Crippen LogP contribution in [0.4, 0.5) is 0 Å². The van der Waals surface area contributed by atoms with Crippen LogP contribution >= 0.6 is 0 Å². The average Bonchev–Trinajstić information content (AvgIpc) is 2.93. The summed E-state index contributed by atoms with van der Waals surface area (Å²) in [7, 11) is -1.05. The lowest BCUT2D eigenvalue weighted by molar-refractivity contribution is -0.121. The molecule has 20 heavy (non-hydrogen) atoms. The Morgan fingerprint density at radius 3 is 2.80 bits per heavy atom. The van der Waals surface area contributed by atoms with Crippen molar-refractivity contribution in [1.29, 1.82) is 0 Å². The highest BCUT2D eigenvalue weighted by Crippen LogP contribution is 2.36. The quantitative estimate of drug-likeness (QED) is 0.598. The number of carbonyl (C=O) groups excluding carboxylic acids is 1. The van der Waals surface area contributed by atoms with E-state index in [1.165, 1.54) is 0 Å². The molecule has 5 nitrogen and oxygen atoms in total. The van der Waals surface area contributed by atoms with Gasteiger partial charge in [0.05, 0.1) is 17.3 Å². The molecule has 1 fully saturated rings. The lowest BCUT2D eigenvalue weighted by Gasteiger charge is -2.18. The van der Waals surface area contributed by atoms with E-state index in [2.05, 4.69) is 29.8 Å². The summed E-state index contributed by atoms with van der Waals surface area (Å²) in [6.07, 6.45) is 4.21. The van der Waals surface area contributed by atoms with Crippen molar-refractivity contribution in [1.82, 2.24) is 15.0 Å². The van der Waals surface area contributed by atoms with E-state index in [0.717, 1.165) is 31.2 Å². The van der Waals surface area contributed by atoms with Crippen LogP contribution in [-0.2, 0) is 21.7 Å². The van der Waals surface area contributed by atoms with Crippen molar-refractivity contribution in [2.24, 2.45) is 0 Å². The number of nitrogens with zero attached hydrogens (tertiary/aromatic N) is 3. The normalized spacial score (nSPS) is 23.5. The van der Waals surface area contributed by atoms with E-state index in [9.17, 15) is 4.79 Å². The first-order valence-corrected chi connectivity index (χ1v) is 11.0. The number of hydrogen-bond acceptors (Lipinski definition) is 4. The molecule has 0 N–H and O–H groups in total. The van der Waals surface area contributed by atoms with Gasteiger partial charge >= 0.3 is 0 Å². The molecule has 1 saturated carbocycles. The van der Waals surface area contributed by atoms with E-state index in [-0.39, 0.29) is 5.78 Å². The monoisotopic (exact) mass is 295 g/mol. The molecule has 0 radical (unpaired) electrons. The largest absolute Gasteiger partial charge is 0.358 e. The molecular formula is C14H25N3O2Si. The van der Waals surface area contributed by atoms with Gasteiger partial charge in [0, 0.05) is 21.1 Å². The molecule has 0 aliphatic heterocycles. The Kier molecular flexibility index (Phi) is 4.44. The minimum absolute atomic E-state index is 0.282. The third-order valence-electron chi connectivity index (χ3n) is 4.00. The van der Waals surface area contributed by atoms with Crippen LogP contribution < -0.4 is 0 Å². The van der Waals surface area contributed by atoms with E-state index in [1.807, 2.05) is 6.92 Å². The van der Waals surface area contributed by atoms with Crippen molar-refractivity contribution in [2.75, 3.05) is 6.61 Å². The van der Waals surface area contributed by atoms with Crippen LogP contribution in [-0.4, -0.2) is 35.5 Å². The van der Waals surface area contributed by atoms with Crippen molar-refractivity contribution in [3.63, 3.8) is 0 Å². The summed E-state index contributed by atoms with van der Waals surface area (Å²) in [5.74, 6) is 0.282. The van der Waals surface area contributed by atoms with E-state index in [4.69, 9.17) is 4.74 Å². The van der Waals surface area contributed by atoms with E-state index < -0.39 is 13.5 Å². The number of Topliss-reactive ketones (excluding diaryl/α,β-unsaturated/α-hetero) is 1. The highest BCUT2D eigenvalue weighted by molar-refractivity contribution is 6.76. The van der Waals surface area contributed by atoms with Crippen molar-refractivity contribution >= 4 is 13.9 Å². The van der Waals surface area contributed by atoms with E-state index >= 15 is 0 Å². The SMILES string of the molecule is CC1(c2cnn(COCC[Si](C)(C)C)n2)CCCC1=O. The van der Waals surface area contributed by atoms with Crippen LogP contribution in [0.5, 0.6) is 0 Å². The van der Waals surface area contributed by atoms with Gasteiger partial charge in [-0.1, -0.05) is 19.6 Å². The molecule has 1 aromatic heterocycles. The second kappa shape index (κ2) is 5.77. The summed E-state index contributed by atoms with van der Waals surface area (Å²) in [6, 6.07) is 1.14. The van der Waals surface area contributed by atoms with Crippen molar-refractivity contribution in [3.05, 3.63) is 11.9 Å². The Morgan fingerprint density at radius 1 is 1.45 bits per heavy atom. The number of hydrogen-bond donors (Lipinski definition) is 0. The van der Waals surface area contributed by atoms with E-state index in [0.29, 0.717) is 13.2 Å². The van der Waals surface area contributed by atoms with Crippen LogP contribution in [0.3, 0.4) is 0 Å². The molecule has 1 heterocycles. The first kappa shape index (κ1) is 15.4. The average molecular weight is 295 g/mol. The minimum Gasteiger partial charge on any atom is -0.358 e. The van der Waals surface area contributed by atoms with Gasteiger partial charge in [0.1, 0.15) is 5.78 Å². The molecule has 0 amide bonds. The summed E-state index contributed by atoms with van der Waals surface area (Å²) in [5.41, 5.74) is 0.352. The van der Waals surface area contributed by atoms with Crippen LogP contribution in [0.1, 0.15) is 31.9 Å². The molecule has 1 aliphatic rings. The van der Waals surface area contributed by atoms with Crippen LogP contribution in [0, 0.1) is 0 Å². The summed E-state index contributed by atoms with van der Waals surface area (Å²) in [6.45, 7) is 10.1. The predicted molar refractivity (Wildman–Crippen MR) is 80.3 cm³/mol. The fourth-order valence-electron chi connectivity index (χ4n) is 2.43. The Bertz CT molecular complexity index is 481. The zero-order chi connectivity index (χ0) is 14.8. The first-order chi connectivity index (χ1) is 9.31. The van der Waals surface area contributed by atoms with Crippen LogP contribution in [0.25, 0.3) is 0 Å². The summed E-state index contributed by atoms with van der Waals surface area (Å²) in [4.78, 5) is 13.5. The number of ether oxygens (including phenoxy) is 1. The van der Waals surface area contributed by atoms with Gasteiger partial charge in [-0.3, -0.25) is 4.79 Å². The standard InChI is InChI=1S/C14H25N3O2Si/c1-14(7-5-6-13(14)18)12-10-15-17(16-12)11-19-8-9-20(2,3)4/h10H,5-9,11H2,1-4H3. The molecule has 0 bridgehead atoms. The van der Waals surface area contributed by atoms with Gasteiger partial charge < -0.3 is 4.74 Å². The Labute approximate surface area is 121 Å². The lowest BCUT2D eigenvalue weighted by Crippen LogP contribution is -2.27. The summed E-state index contributed by atoms with van der Waals surface area (Å²) < 4.78 is 5.62. The highest BCUT2D eigenvalue weighted by atomic mass is 28.3. The number of carbonyl (C=O) groups is 1. The molecule has 0 spiro atoms.